The van der Waals surface area contributed by atoms with Gasteiger partial charge in [-0.2, -0.15) is 0 Å². The fourth-order valence-electron chi connectivity index (χ4n) is 2.83. The zero-order valence-corrected chi connectivity index (χ0v) is 9.34. The molecule has 0 unspecified atom stereocenters. The largest absolute Gasteiger partial charge is 0.389 e. The van der Waals surface area contributed by atoms with E-state index >= 15 is 0 Å². The van der Waals surface area contributed by atoms with E-state index in [0.29, 0.717) is 0 Å². The molecular weight excluding hydrogens is 174 g/mol. The predicted molar refractivity (Wildman–Crippen MR) is 58.3 cm³/mol. The zero-order valence-electron chi connectivity index (χ0n) is 9.34. The molecule has 0 spiro atoms. The first kappa shape index (κ1) is 10.4. The lowest BCUT2D eigenvalue weighted by atomic mass is 9.96. The number of rotatable bonds is 2. The second-order valence-electron chi connectivity index (χ2n) is 5.39. The molecule has 14 heavy (non-hydrogen) atoms. The molecule has 82 valence electrons. The highest BCUT2D eigenvalue weighted by molar-refractivity contribution is 4.88. The van der Waals surface area contributed by atoms with Crippen LogP contribution in [0.1, 0.15) is 45.4 Å². The van der Waals surface area contributed by atoms with Crippen molar-refractivity contribution in [1.29, 1.82) is 0 Å². The van der Waals surface area contributed by atoms with Gasteiger partial charge in [0.05, 0.1) is 5.60 Å². The summed E-state index contributed by atoms with van der Waals surface area (Å²) in [4.78, 5) is 2.46. The van der Waals surface area contributed by atoms with Crippen LogP contribution >= 0.6 is 0 Å². The number of likely N-dealkylation sites (tertiary alicyclic amines) is 1. The van der Waals surface area contributed by atoms with Crippen LogP contribution in [-0.4, -0.2) is 35.2 Å². The van der Waals surface area contributed by atoms with Crippen LogP contribution in [0.2, 0.25) is 0 Å². The highest BCUT2D eigenvalue weighted by Crippen LogP contribution is 2.31. The maximum Gasteiger partial charge on any atom is 0.0774 e. The topological polar surface area (TPSA) is 23.5 Å². The van der Waals surface area contributed by atoms with Gasteiger partial charge in [-0.1, -0.05) is 19.8 Å². The van der Waals surface area contributed by atoms with Crippen molar-refractivity contribution >= 4 is 0 Å². The normalized spacial score (nSPS) is 29.6. The Bertz CT molecular complexity index is 179. The molecule has 2 aliphatic rings. The third kappa shape index (κ3) is 2.48. The zero-order chi connectivity index (χ0) is 10.0. The highest BCUT2D eigenvalue weighted by Gasteiger charge is 2.33. The van der Waals surface area contributed by atoms with E-state index in [2.05, 4.69) is 11.8 Å². The number of hydrogen-bond acceptors (Lipinski definition) is 2. The lowest BCUT2D eigenvalue weighted by Crippen LogP contribution is -2.44. The summed E-state index contributed by atoms with van der Waals surface area (Å²) in [5.74, 6) is 0.893. The van der Waals surface area contributed by atoms with Crippen LogP contribution in [0.25, 0.3) is 0 Å². The van der Waals surface area contributed by atoms with E-state index in [1.165, 1.54) is 38.8 Å². The van der Waals surface area contributed by atoms with Gasteiger partial charge in [0.1, 0.15) is 0 Å². The van der Waals surface area contributed by atoms with Gasteiger partial charge in [-0.25, -0.2) is 0 Å². The van der Waals surface area contributed by atoms with Crippen LogP contribution in [0.3, 0.4) is 0 Å². The van der Waals surface area contributed by atoms with Crippen molar-refractivity contribution in [3.63, 3.8) is 0 Å². The lowest BCUT2D eigenvalue weighted by Gasteiger charge is -2.35. The first-order valence-corrected chi connectivity index (χ1v) is 6.13. The van der Waals surface area contributed by atoms with Gasteiger partial charge in [0.25, 0.3) is 0 Å². The van der Waals surface area contributed by atoms with Crippen molar-refractivity contribution in [2.75, 3.05) is 19.6 Å². The number of aliphatic hydroxyl groups is 1. The Kier molecular flexibility index (Phi) is 3.13. The van der Waals surface area contributed by atoms with Crippen molar-refractivity contribution in [2.24, 2.45) is 5.92 Å². The average molecular weight is 197 g/mol. The molecule has 0 aromatic rings. The van der Waals surface area contributed by atoms with E-state index in [-0.39, 0.29) is 5.60 Å². The van der Waals surface area contributed by atoms with Gasteiger partial charge >= 0.3 is 0 Å². The van der Waals surface area contributed by atoms with Gasteiger partial charge in [-0.3, -0.25) is 0 Å². The van der Waals surface area contributed by atoms with E-state index in [1.807, 2.05) is 0 Å². The van der Waals surface area contributed by atoms with Crippen LogP contribution in [0.15, 0.2) is 0 Å². The SMILES string of the molecule is CC1CCN(CC2(O)CCCC2)CC1. The van der Waals surface area contributed by atoms with E-state index in [0.717, 1.165) is 25.3 Å². The summed E-state index contributed by atoms with van der Waals surface area (Å²) in [5.41, 5.74) is -0.333. The van der Waals surface area contributed by atoms with Crippen molar-refractivity contribution in [1.82, 2.24) is 4.90 Å². The molecule has 0 atom stereocenters. The summed E-state index contributed by atoms with van der Waals surface area (Å²) in [7, 11) is 0. The molecule has 2 rings (SSSR count). The van der Waals surface area contributed by atoms with Crippen LogP contribution in [-0.2, 0) is 0 Å². The number of piperidine rings is 1. The number of nitrogens with zero attached hydrogens (tertiary/aromatic N) is 1. The summed E-state index contributed by atoms with van der Waals surface area (Å²) >= 11 is 0. The highest BCUT2D eigenvalue weighted by atomic mass is 16.3. The predicted octanol–water partition coefficient (Wildman–Crippen LogP) is 2.02. The maximum atomic E-state index is 10.3. The summed E-state index contributed by atoms with van der Waals surface area (Å²) in [5, 5.41) is 10.3. The lowest BCUT2D eigenvalue weighted by molar-refractivity contribution is 0.000926. The van der Waals surface area contributed by atoms with Crippen LogP contribution in [0.4, 0.5) is 0 Å². The van der Waals surface area contributed by atoms with Gasteiger partial charge in [-0.05, 0) is 44.7 Å². The molecule has 0 radical (unpaired) electrons. The van der Waals surface area contributed by atoms with Gasteiger partial charge in [-0.15, -0.1) is 0 Å². The molecule has 1 aliphatic heterocycles. The summed E-state index contributed by atoms with van der Waals surface area (Å²) < 4.78 is 0. The average Bonchev–Trinajstić information content (AvgIpc) is 2.57. The third-order valence-corrected chi connectivity index (χ3v) is 3.93. The molecule has 1 aliphatic carbocycles. The molecule has 1 saturated carbocycles. The Morgan fingerprint density at radius 2 is 1.79 bits per heavy atom. The molecule has 1 N–H and O–H groups in total. The Balaban J connectivity index is 1.79. The molecule has 2 heteroatoms. The van der Waals surface area contributed by atoms with E-state index in [1.54, 1.807) is 0 Å². The van der Waals surface area contributed by atoms with Crippen LogP contribution in [0, 0.1) is 5.92 Å². The molecule has 0 aromatic carbocycles. The minimum Gasteiger partial charge on any atom is -0.389 e. The molecule has 0 amide bonds. The minimum atomic E-state index is -0.333. The minimum absolute atomic E-state index is 0.333. The summed E-state index contributed by atoms with van der Waals surface area (Å²) in [6, 6.07) is 0. The Labute approximate surface area is 87.3 Å². The second kappa shape index (κ2) is 4.19. The third-order valence-electron chi connectivity index (χ3n) is 3.93. The first-order chi connectivity index (χ1) is 6.68. The van der Waals surface area contributed by atoms with Crippen molar-refractivity contribution < 1.29 is 5.11 Å². The second-order valence-corrected chi connectivity index (χ2v) is 5.39. The van der Waals surface area contributed by atoms with Crippen molar-refractivity contribution in [3.05, 3.63) is 0 Å². The van der Waals surface area contributed by atoms with Crippen molar-refractivity contribution in [2.45, 2.75) is 51.0 Å². The Hall–Kier alpha value is -0.0800. The Morgan fingerprint density at radius 1 is 1.21 bits per heavy atom. The number of hydrogen-bond donors (Lipinski definition) is 1. The smallest absolute Gasteiger partial charge is 0.0774 e. The molecule has 0 aromatic heterocycles. The summed E-state index contributed by atoms with van der Waals surface area (Å²) in [6.45, 7) is 5.66. The Morgan fingerprint density at radius 3 is 2.36 bits per heavy atom. The quantitative estimate of drug-likeness (QED) is 0.732. The molecule has 2 fully saturated rings. The van der Waals surface area contributed by atoms with E-state index in [9.17, 15) is 5.11 Å². The van der Waals surface area contributed by atoms with Gasteiger partial charge in [0.2, 0.25) is 0 Å². The summed E-state index contributed by atoms with van der Waals surface area (Å²) in [6.07, 6.45) is 7.13. The molecule has 1 heterocycles. The van der Waals surface area contributed by atoms with E-state index in [4.69, 9.17) is 0 Å². The monoisotopic (exact) mass is 197 g/mol. The molecular formula is C12H23NO. The van der Waals surface area contributed by atoms with Gasteiger partial charge < -0.3 is 10.0 Å². The maximum absolute atomic E-state index is 10.3. The van der Waals surface area contributed by atoms with Crippen LogP contribution in [0.5, 0.6) is 0 Å². The fraction of sp³-hybridized carbons (Fsp3) is 1.00. The van der Waals surface area contributed by atoms with Gasteiger partial charge in [0, 0.05) is 6.54 Å². The van der Waals surface area contributed by atoms with Crippen molar-refractivity contribution in [3.8, 4) is 0 Å². The van der Waals surface area contributed by atoms with E-state index < -0.39 is 0 Å². The molecule has 0 bridgehead atoms. The molecule has 1 saturated heterocycles. The number of β-amino-alcohol motifs (C(OH)–C–C–N with tert-alkyl or cyclic N) is 1. The standard InChI is InChI=1S/C12H23NO/c1-11-4-8-13(9-5-11)10-12(14)6-2-3-7-12/h11,14H,2-10H2,1H3. The molecule has 2 nitrogen and oxygen atoms in total. The van der Waals surface area contributed by atoms with Gasteiger partial charge in [0.15, 0.2) is 0 Å². The first-order valence-electron chi connectivity index (χ1n) is 6.13. The van der Waals surface area contributed by atoms with Crippen LogP contribution < -0.4 is 0 Å². The fourth-order valence-corrected chi connectivity index (χ4v) is 2.83.